The van der Waals surface area contributed by atoms with Crippen LogP contribution in [-0.2, 0) is 6.54 Å². The highest BCUT2D eigenvalue weighted by atomic mass is 19.1. The number of tetrazole rings is 1. The van der Waals surface area contributed by atoms with E-state index in [0.717, 1.165) is 0 Å². The number of nitriles is 1. The van der Waals surface area contributed by atoms with E-state index in [-0.39, 0.29) is 11.7 Å². The molecule has 1 aromatic heterocycles. The van der Waals surface area contributed by atoms with Crippen molar-refractivity contribution in [1.29, 1.82) is 5.26 Å². The largest absolute Gasteiger partial charge is 0.207 e. The maximum absolute atomic E-state index is 12.7. The second-order valence-corrected chi connectivity index (χ2v) is 3.70. The monoisotopic (exact) mass is 231 g/mol. The van der Waals surface area contributed by atoms with E-state index in [9.17, 15) is 4.39 Å². The Bertz CT molecular complexity index is 540. The first-order chi connectivity index (χ1) is 8.19. The summed E-state index contributed by atoms with van der Waals surface area (Å²) in [7, 11) is 0. The molecule has 2 rings (SSSR count). The molecule has 17 heavy (non-hydrogen) atoms. The molecule has 0 spiro atoms. The highest BCUT2D eigenvalue weighted by Crippen LogP contribution is 2.13. The van der Waals surface area contributed by atoms with Crippen LogP contribution >= 0.6 is 0 Å². The molecule has 0 aliphatic heterocycles. The Balaban J connectivity index is 2.18. The van der Waals surface area contributed by atoms with Gasteiger partial charge in [-0.1, -0.05) is 0 Å². The van der Waals surface area contributed by atoms with Gasteiger partial charge in [-0.25, -0.2) is 4.39 Å². The second-order valence-electron chi connectivity index (χ2n) is 3.70. The van der Waals surface area contributed by atoms with Crippen molar-refractivity contribution >= 4 is 0 Å². The molecule has 1 aromatic carbocycles. The summed E-state index contributed by atoms with van der Waals surface area (Å²) in [6, 6.07) is 7.95. The lowest BCUT2D eigenvalue weighted by atomic mass is 10.2. The average molecular weight is 231 g/mol. The first-order valence-electron chi connectivity index (χ1n) is 5.12. The zero-order valence-electron chi connectivity index (χ0n) is 9.21. The summed E-state index contributed by atoms with van der Waals surface area (Å²) in [4.78, 5) is 1.37. The quantitative estimate of drug-likeness (QED) is 0.805. The van der Waals surface area contributed by atoms with Crippen molar-refractivity contribution in [3.8, 4) is 17.5 Å². The SMILES string of the molecule is C[C@H](C#N)Cn1nnc(-c2ccc(F)cc2)n1. The van der Waals surface area contributed by atoms with Crippen LogP contribution in [0.25, 0.3) is 11.4 Å². The molecule has 2 aromatic rings. The van der Waals surface area contributed by atoms with Gasteiger partial charge in [0.25, 0.3) is 0 Å². The van der Waals surface area contributed by atoms with E-state index >= 15 is 0 Å². The van der Waals surface area contributed by atoms with Gasteiger partial charge in [0.1, 0.15) is 5.82 Å². The van der Waals surface area contributed by atoms with Crippen LogP contribution in [0.3, 0.4) is 0 Å². The predicted octanol–water partition coefficient (Wildman–Crippen LogP) is 1.64. The molecule has 0 fully saturated rings. The van der Waals surface area contributed by atoms with Gasteiger partial charge in [0.05, 0.1) is 18.5 Å². The van der Waals surface area contributed by atoms with E-state index in [2.05, 4.69) is 21.5 Å². The van der Waals surface area contributed by atoms with Crippen molar-refractivity contribution in [2.75, 3.05) is 0 Å². The Labute approximate surface area is 97.5 Å². The van der Waals surface area contributed by atoms with Crippen LogP contribution in [0, 0.1) is 23.1 Å². The summed E-state index contributed by atoms with van der Waals surface area (Å²) in [5.41, 5.74) is 0.697. The van der Waals surface area contributed by atoms with Gasteiger partial charge in [0, 0.05) is 5.56 Å². The fourth-order valence-electron chi connectivity index (χ4n) is 1.32. The predicted molar refractivity (Wildman–Crippen MR) is 58.0 cm³/mol. The number of hydrogen-bond acceptors (Lipinski definition) is 4. The minimum atomic E-state index is -0.306. The van der Waals surface area contributed by atoms with Crippen LogP contribution < -0.4 is 0 Å². The molecular weight excluding hydrogens is 221 g/mol. The molecule has 0 bridgehead atoms. The van der Waals surface area contributed by atoms with Crippen molar-refractivity contribution in [2.24, 2.45) is 5.92 Å². The summed E-state index contributed by atoms with van der Waals surface area (Å²) in [6.45, 7) is 2.17. The van der Waals surface area contributed by atoms with Crippen molar-refractivity contribution < 1.29 is 4.39 Å². The topological polar surface area (TPSA) is 67.4 Å². The molecule has 6 heteroatoms. The molecule has 0 N–H and O–H groups in total. The standard InChI is InChI=1S/C11H10FN5/c1-8(6-13)7-17-15-11(14-16-17)9-2-4-10(12)5-3-9/h2-5,8H,7H2,1H3/t8-/m1/s1. The Hall–Kier alpha value is -2.29. The third-order valence-electron chi connectivity index (χ3n) is 2.21. The van der Waals surface area contributed by atoms with E-state index in [0.29, 0.717) is 17.9 Å². The lowest BCUT2D eigenvalue weighted by molar-refractivity contribution is 0.463. The van der Waals surface area contributed by atoms with Gasteiger partial charge in [-0.2, -0.15) is 10.1 Å². The molecule has 86 valence electrons. The molecule has 0 saturated carbocycles. The Morgan fingerprint density at radius 1 is 1.41 bits per heavy atom. The van der Waals surface area contributed by atoms with E-state index in [1.165, 1.54) is 16.9 Å². The molecule has 0 saturated heterocycles. The lowest BCUT2D eigenvalue weighted by Crippen LogP contribution is -2.09. The van der Waals surface area contributed by atoms with Gasteiger partial charge in [-0.05, 0) is 36.4 Å². The Morgan fingerprint density at radius 3 is 2.76 bits per heavy atom. The van der Waals surface area contributed by atoms with E-state index in [4.69, 9.17) is 5.26 Å². The van der Waals surface area contributed by atoms with Gasteiger partial charge in [0.2, 0.25) is 5.82 Å². The van der Waals surface area contributed by atoms with E-state index in [1.807, 2.05) is 0 Å². The van der Waals surface area contributed by atoms with Crippen molar-refractivity contribution in [3.63, 3.8) is 0 Å². The maximum Gasteiger partial charge on any atom is 0.204 e. The molecule has 0 radical (unpaired) electrons. The van der Waals surface area contributed by atoms with Crippen LogP contribution in [-0.4, -0.2) is 20.2 Å². The molecule has 5 nitrogen and oxygen atoms in total. The van der Waals surface area contributed by atoms with Gasteiger partial charge in [0.15, 0.2) is 0 Å². The molecule has 0 unspecified atom stereocenters. The summed E-state index contributed by atoms with van der Waals surface area (Å²) >= 11 is 0. The minimum Gasteiger partial charge on any atom is -0.207 e. The second kappa shape index (κ2) is 4.70. The molecule has 1 heterocycles. The molecule has 0 aliphatic carbocycles. The number of halogens is 1. The fraction of sp³-hybridized carbons (Fsp3) is 0.273. The minimum absolute atomic E-state index is 0.176. The molecule has 1 atom stereocenters. The van der Waals surface area contributed by atoms with Gasteiger partial charge in [-0.15, -0.1) is 10.2 Å². The Morgan fingerprint density at radius 2 is 2.12 bits per heavy atom. The maximum atomic E-state index is 12.7. The van der Waals surface area contributed by atoms with Crippen molar-refractivity contribution in [2.45, 2.75) is 13.5 Å². The summed E-state index contributed by atoms with van der Waals surface area (Å²) in [6.07, 6.45) is 0. The summed E-state index contributed by atoms with van der Waals surface area (Å²) < 4.78 is 12.7. The third-order valence-corrected chi connectivity index (χ3v) is 2.21. The van der Waals surface area contributed by atoms with Gasteiger partial charge < -0.3 is 0 Å². The van der Waals surface area contributed by atoms with Crippen LogP contribution in [0.1, 0.15) is 6.92 Å². The average Bonchev–Trinajstić information content (AvgIpc) is 2.78. The molecular formula is C11H10FN5. The highest BCUT2D eigenvalue weighted by molar-refractivity contribution is 5.53. The smallest absolute Gasteiger partial charge is 0.204 e. The van der Waals surface area contributed by atoms with E-state index < -0.39 is 0 Å². The third kappa shape index (κ3) is 2.64. The number of aromatic nitrogens is 4. The van der Waals surface area contributed by atoms with Crippen molar-refractivity contribution in [3.05, 3.63) is 30.1 Å². The van der Waals surface area contributed by atoms with Gasteiger partial charge in [-0.3, -0.25) is 0 Å². The number of hydrogen-bond donors (Lipinski definition) is 0. The number of nitrogens with zero attached hydrogens (tertiary/aromatic N) is 5. The first-order valence-corrected chi connectivity index (χ1v) is 5.12. The lowest BCUT2D eigenvalue weighted by Gasteiger charge is -1.98. The fourth-order valence-corrected chi connectivity index (χ4v) is 1.32. The summed E-state index contributed by atoms with van der Waals surface area (Å²) in [5, 5.41) is 20.5. The molecule has 0 aliphatic rings. The van der Waals surface area contributed by atoms with Crippen molar-refractivity contribution in [1.82, 2.24) is 20.2 Å². The van der Waals surface area contributed by atoms with Gasteiger partial charge >= 0.3 is 0 Å². The molecule has 0 amide bonds. The first kappa shape index (κ1) is 11.2. The van der Waals surface area contributed by atoms with E-state index in [1.54, 1.807) is 19.1 Å². The van der Waals surface area contributed by atoms with Crippen LogP contribution in [0.4, 0.5) is 4.39 Å². The Kier molecular flexibility index (Phi) is 3.10. The van der Waals surface area contributed by atoms with Crippen LogP contribution in [0.15, 0.2) is 24.3 Å². The highest BCUT2D eigenvalue weighted by Gasteiger charge is 2.08. The van der Waals surface area contributed by atoms with Crippen LogP contribution in [0.5, 0.6) is 0 Å². The normalized spacial score (nSPS) is 12.1. The number of rotatable bonds is 3. The zero-order valence-corrected chi connectivity index (χ0v) is 9.21. The number of benzene rings is 1. The van der Waals surface area contributed by atoms with Crippen LogP contribution in [0.2, 0.25) is 0 Å². The zero-order chi connectivity index (χ0) is 12.3. The summed E-state index contributed by atoms with van der Waals surface area (Å²) in [5.74, 6) is -0.0559.